The highest BCUT2D eigenvalue weighted by molar-refractivity contribution is 7.89. The highest BCUT2D eigenvalue weighted by Crippen LogP contribution is 2.34. The molecule has 6 nitrogen and oxygen atoms in total. The number of carbonyl (C=O) groups is 1. The fraction of sp³-hybridized carbons (Fsp3) is 0.500. The van der Waals surface area contributed by atoms with Crippen molar-refractivity contribution in [3.63, 3.8) is 0 Å². The Morgan fingerprint density at radius 1 is 1.14 bits per heavy atom. The molecule has 1 N–H and O–H groups in total. The van der Waals surface area contributed by atoms with Gasteiger partial charge in [-0.3, -0.25) is 0 Å². The van der Waals surface area contributed by atoms with Gasteiger partial charge < -0.3 is 4.74 Å². The van der Waals surface area contributed by atoms with E-state index in [0.717, 1.165) is 19.3 Å². The number of ether oxygens (including phenoxy) is 1. The van der Waals surface area contributed by atoms with Crippen molar-refractivity contribution in [1.82, 2.24) is 9.71 Å². The van der Waals surface area contributed by atoms with Gasteiger partial charge in [-0.15, -0.1) is 0 Å². The Morgan fingerprint density at radius 2 is 1.79 bits per heavy atom. The Morgan fingerprint density at radius 3 is 2.41 bits per heavy atom. The van der Waals surface area contributed by atoms with Crippen LogP contribution in [0, 0.1) is 0 Å². The van der Waals surface area contributed by atoms with Crippen molar-refractivity contribution in [2.75, 3.05) is 0 Å². The molecule has 1 saturated carbocycles. The molecule has 29 heavy (non-hydrogen) atoms. The number of halogens is 2. The maximum absolute atomic E-state index is 13.2. The molecular formula is C20H24Cl2N2O4S. The zero-order valence-corrected chi connectivity index (χ0v) is 18.9. The van der Waals surface area contributed by atoms with Crippen molar-refractivity contribution in [3.8, 4) is 0 Å². The van der Waals surface area contributed by atoms with Crippen LogP contribution in [0.2, 0.25) is 10.2 Å². The number of esters is 1. The molecule has 0 aliphatic heterocycles. The molecule has 0 atom stereocenters. The number of nitrogens with zero attached hydrogens (tertiary/aromatic N) is 1. The second kappa shape index (κ2) is 8.02. The normalized spacial score (nSPS) is 17.3. The van der Waals surface area contributed by atoms with Crippen molar-refractivity contribution in [2.24, 2.45) is 0 Å². The molecule has 1 heterocycles. The van der Waals surface area contributed by atoms with Crippen molar-refractivity contribution in [2.45, 2.75) is 68.9 Å². The number of fused-ring (bicyclic) bond motifs is 1. The molecule has 158 valence electrons. The first kappa shape index (κ1) is 22.3. The minimum atomic E-state index is -4.02. The maximum Gasteiger partial charge on any atom is 0.327 e. The standard InChI is InChI=1S/C20H24Cl2N2O4S/c1-19(2,3)28-18(25)20(9-5-4-6-10-20)24-29(26,27)13-7-8-14-15(11-13)17(22)23-12-16(14)21/h7-8,11-12,24H,4-6,9-10H2,1-3H3. The highest BCUT2D eigenvalue weighted by atomic mass is 35.5. The Balaban J connectivity index is 2.00. The molecule has 2 aromatic rings. The van der Waals surface area contributed by atoms with Crippen LogP contribution in [0.25, 0.3) is 10.8 Å². The second-order valence-corrected chi connectivity index (χ2v) is 10.8. The Kier molecular flexibility index (Phi) is 6.16. The lowest BCUT2D eigenvalue weighted by Gasteiger charge is -2.37. The Bertz CT molecular complexity index is 1040. The van der Waals surface area contributed by atoms with E-state index in [4.69, 9.17) is 27.9 Å². The summed E-state index contributed by atoms with van der Waals surface area (Å²) >= 11 is 12.3. The van der Waals surface area contributed by atoms with Gasteiger partial charge in [0.2, 0.25) is 10.0 Å². The molecule has 0 bridgehead atoms. The zero-order chi connectivity index (χ0) is 21.4. The second-order valence-electron chi connectivity index (χ2n) is 8.35. The lowest BCUT2D eigenvalue weighted by atomic mass is 9.82. The SMILES string of the molecule is CC(C)(C)OC(=O)C1(NS(=O)(=O)c2ccc3c(Cl)cnc(Cl)c3c2)CCCCC1. The van der Waals surface area contributed by atoms with Gasteiger partial charge >= 0.3 is 5.97 Å². The van der Waals surface area contributed by atoms with Crippen LogP contribution in [0.4, 0.5) is 0 Å². The summed E-state index contributed by atoms with van der Waals surface area (Å²) < 4.78 is 34.6. The largest absolute Gasteiger partial charge is 0.459 e. The summed E-state index contributed by atoms with van der Waals surface area (Å²) in [7, 11) is -4.02. The average Bonchev–Trinajstić information content (AvgIpc) is 2.63. The van der Waals surface area contributed by atoms with Gasteiger partial charge in [0.15, 0.2) is 0 Å². The van der Waals surface area contributed by atoms with Crippen LogP contribution in [0.5, 0.6) is 0 Å². The van der Waals surface area contributed by atoms with E-state index in [2.05, 4.69) is 9.71 Å². The van der Waals surface area contributed by atoms with Gasteiger partial charge in [0.05, 0.1) is 9.92 Å². The quantitative estimate of drug-likeness (QED) is 0.521. The molecule has 1 aromatic heterocycles. The van der Waals surface area contributed by atoms with Gasteiger partial charge in [0.25, 0.3) is 0 Å². The van der Waals surface area contributed by atoms with Crippen LogP contribution in [-0.4, -0.2) is 30.5 Å². The van der Waals surface area contributed by atoms with Gasteiger partial charge in [-0.25, -0.2) is 18.2 Å². The van der Waals surface area contributed by atoms with Gasteiger partial charge in [-0.05, 0) is 45.7 Å². The van der Waals surface area contributed by atoms with Crippen LogP contribution >= 0.6 is 23.2 Å². The molecule has 0 amide bonds. The van der Waals surface area contributed by atoms with Gasteiger partial charge in [-0.1, -0.05) is 48.5 Å². The summed E-state index contributed by atoms with van der Waals surface area (Å²) in [5.74, 6) is -0.545. The lowest BCUT2D eigenvalue weighted by molar-refractivity contribution is -0.163. The summed E-state index contributed by atoms with van der Waals surface area (Å²) in [5, 5.41) is 1.56. The molecule has 0 radical (unpaired) electrons. The lowest BCUT2D eigenvalue weighted by Crippen LogP contribution is -2.57. The van der Waals surface area contributed by atoms with Crippen LogP contribution < -0.4 is 4.72 Å². The molecular weight excluding hydrogens is 435 g/mol. The predicted molar refractivity (Wildman–Crippen MR) is 114 cm³/mol. The number of sulfonamides is 1. The predicted octanol–water partition coefficient (Wildman–Crippen LogP) is 4.86. The average molecular weight is 459 g/mol. The van der Waals surface area contributed by atoms with E-state index < -0.39 is 27.1 Å². The smallest absolute Gasteiger partial charge is 0.327 e. The van der Waals surface area contributed by atoms with Gasteiger partial charge in [-0.2, -0.15) is 4.72 Å². The minimum absolute atomic E-state index is 0.00975. The molecule has 1 aliphatic rings. The number of nitrogens with one attached hydrogen (secondary N) is 1. The van der Waals surface area contributed by atoms with E-state index in [1.807, 2.05) is 0 Å². The number of hydrogen-bond donors (Lipinski definition) is 1. The van der Waals surface area contributed by atoms with Crippen LogP contribution in [0.3, 0.4) is 0 Å². The summed E-state index contributed by atoms with van der Waals surface area (Å²) in [6.45, 7) is 5.29. The van der Waals surface area contributed by atoms with Crippen LogP contribution in [0.15, 0.2) is 29.3 Å². The number of aromatic nitrogens is 1. The number of pyridine rings is 1. The fourth-order valence-corrected chi connectivity index (χ4v) is 5.38. The molecule has 3 rings (SSSR count). The Labute approximate surface area is 181 Å². The summed E-state index contributed by atoms with van der Waals surface area (Å²) in [5.41, 5.74) is -2.00. The first-order valence-electron chi connectivity index (χ1n) is 9.45. The fourth-order valence-electron chi connectivity index (χ4n) is 3.52. The third-order valence-electron chi connectivity index (χ3n) is 4.90. The van der Waals surface area contributed by atoms with Crippen molar-refractivity contribution >= 4 is 50.0 Å². The molecule has 1 aliphatic carbocycles. The van der Waals surface area contributed by atoms with E-state index >= 15 is 0 Å². The molecule has 9 heteroatoms. The van der Waals surface area contributed by atoms with E-state index in [1.54, 1.807) is 26.8 Å². The number of rotatable bonds is 4. The first-order valence-corrected chi connectivity index (χ1v) is 11.7. The topological polar surface area (TPSA) is 85.4 Å². The summed E-state index contributed by atoms with van der Waals surface area (Å²) in [4.78, 5) is 16.9. The summed E-state index contributed by atoms with van der Waals surface area (Å²) in [6, 6.07) is 4.45. The molecule has 1 aromatic carbocycles. The highest BCUT2D eigenvalue weighted by Gasteiger charge is 2.45. The number of carbonyl (C=O) groups excluding carboxylic acids is 1. The maximum atomic E-state index is 13.2. The van der Waals surface area contributed by atoms with E-state index in [0.29, 0.717) is 28.6 Å². The summed E-state index contributed by atoms with van der Waals surface area (Å²) in [6.07, 6.45) is 4.63. The molecule has 1 fully saturated rings. The minimum Gasteiger partial charge on any atom is -0.459 e. The van der Waals surface area contributed by atoms with E-state index in [9.17, 15) is 13.2 Å². The van der Waals surface area contributed by atoms with Gasteiger partial charge in [0, 0.05) is 17.0 Å². The van der Waals surface area contributed by atoms with E-state index in [1.165, 1.54) is 18.3 Å². The number of benzene rings is 1. The van der Waals surface area contributed by atoms with E-state index in [-0.39, 0.29) is 10.0 Å². The molecule has 0 unspecified atom stereocenters. The van der Waals surface area contributed by atoms with Crippen LogP contribution in [0.1, 0.15) is 52.9 Å². The third kappa shape index (κ3) is 4.85. The van der Waals surface area contributed by atoms with Crippen molar-refractivity contribution < 1.29 is 17.9 Å². The molecule has 0 saturated heterocycles. The first-order chi connectivity index (χ1) is 13.4. The number of hydrogen-bond acceptors (Lipinski definition) is 5. The zero-order valence-electron chi connectivity index (χ0n) is 16.6. The van der Waals surface area contributed by atoms with Crippen LogP contribution in [-0.2, 0) is 19.6 Å². The van der Waals surface area contributed by atoms with Crippen molar-refractivity contribution in [3.05, 3.63) is 34.6 Å². The monoisotopic (exact) mass is 458 g/mol. The Hall–Kier alpha value is -1.41. The van der Waals surface area contributed by atoms with Crippen molar-refractivity contribution in [1.29, 1.82) is 0 Å². The van der Waals surface area contributed by atoms with Gasteiger partial charge in [0.1, 0.15) is 16.3 Å². The molecule has 0 spiro atoms. The third-order valence-corrected chi connectivity index (χ3v) is 7.03.